The Bertz CT molecular complexity index is 798. The smallest absolute Gasteiger partial charge is 0.137 e. The molecule has 0 spiro atoms. The number of aldehydes is 1. The molecule has 4 heteroatoms. The van der Waals surface area contributed by atoms with Gasteiger partial charge in [-0.2, -0.15) is 0 Å². The van der Waals surface area contributed by atoms with Gasteiger partial charge in [0.15, 0.2) is 0 Å². The first-order valence-corrected chi connectivity index (χ1v) is 14.7. The van der Waals surface area contributed by atoms with Crippen LogP contribution in [-0.2, 0) is 4.79 Å². The van der Waals surface area contributed by atoms with E-state index in [1.165, 1.54) is 44.1 Å². The van der Waals surface area contributed by atoms with Crippen molar-refractivity contribution in [3.63, 3.8) is 0 Å². The fraction of sp³-hybridized carbons (Fsp3) is 0.900. The van der Waals surface area contributed by atoms with Crippen LogP contribution in [0.5, 0.6) is 0 Å². The van der Waals surface area contributed by atoms with Gasteiger partial charge in [0.2, 0.25) is 0 Å². The van der Waals surface area contributed by atoms with Crippen LogP contribution >= 0.6 is 0 Å². The molecule has 6 rings (SSSR count). The first-order valence-electron chi connectivity index (χ1n) is 14.7. The number of carbonyl (C=O) groups is 1. The molecule has 6 aliphatic rings. The largest absolute Gasteiger partial charge is 0.396 e. The Balaban J connectivity index is 1.32. The number of aliphatic hydroxyl groups is 2. The number of rotatable bonds is 6. The Morgan fingerprint density at radius 2 is 1.85 bits per heavy atom. The zero-order valence-electron chi connectivity index (χ0n) is 21.0. The molecule has 34 heavy (non-hydrogen) atoms. The van der Waals surface area contributed by atoms with Gasteiger partial charge >= 0.3 is 0 Å². The number of hydrogen-bond acceptors (Lipinski definition) is 4. The molecule has 0 aromatic rings. The van der Waals surface area contributed by atoms with Crippen molar-refractivity contribution < 1.29 is 15.0 Å². The zero-order valence-corrected chi connectivity index (χ0v) is 21.0. The first-order chi connectivity index (χ1) is 16.5. The molecule has 0 aliphatic heterocycles. The van der Waals surface area contributed by atoms with Crippen LogP contribution in [0.4, 0.5) is 0 Å². The summed E-state index contributed by atoms with van der Waals surface area (Å²) < 4.78 is 0. The molecule has 0 saturated heterocycles. The molecule has 13 atom stereocenters. The Labute approximate surface area is 206 Å². The summed E-state index contributed by atoms with van der Waals surface area (Å²) in [7, 11) is 0. The standard InChI is InChI=1S/C30H47NO3/c1-17-8-11-25-29(28-22-10-9-18-4-3-7-21(18)24(22)15-23(17)28)30(25,27(31)16-33)20-6-2-5-19(14-20)26(34)12-13-32/h16,18-29,32,34H,1-15,31H2/t18-,19-,20-,21-,22-,23+,24+,25+,26+,27-,28+,29+,30+/m0/s1. The van der Waals surface area contributed by atoms with E-state index in [2.05, 4.69) is 6.58 Å². The van der Waals surface area contributed by atoms with Gasteiger partial charge in [0, 0.05) is 12.0 Å². The van der Waals surface area contributed by atoms with Crippen molar-refractivity contribution in [2.45, 2.75) is 95.6 Å². The quantitative estimate of drug-likeness (QED) is 0.388. The number of fused-ring (bicyclic) bond motifs is 7. The number of nitrogens with two attached hydrogens (primary N) is 1. The summed E-state index contributed by atoms with van der Waals surface area (Å²) in [6.45, 7) is 4.68. The van der Waals surface area contributed by atoms with Crippen LogP contribution < -0.4 is 5.73 Å². The van der Waals surface area contributed by atoms with Gasteiger partial charge in [0.1, 0.15) is 6.29 Å². The van der Waals surface area contributed by atoms with E-state index >= 15 is 0 Å². The molecule has 0 amide bonds. The van der Waals surface area contributed by atoms with Gasteiger partial charge in [0.25, 0.3) is 0 Å². The van der Waals surface area contributed by atoms with Crippen molar-refractivity contribution in [3.05, 3.63) is 12.2 Å². The summed E-state index contributed by atoms with van der Waals surface area (Å²) in [5.74, 6) is 6.73. The molecule has 4 N–H and O–H groups in total. The summed E-state index contributed by atoms with van der Waals surface area (Å²) in [6.07, 6.45) is 16.2. The Kier molecular flexibility index (Phi) is 6.26. The molecule has 0 unspecified atom stereocenters. The number of hydrogen-bond donors (Lipinski definition) is 3. The van der Waals surface area contributed by atoms with Crippen LogP contribution in [0.15, 0.2) is 12.2 Å². The van der Waals surface area contributed by atoms with E-state index in [1.54, 1.807) is 0 Å². The normalized spacial score (nSPS) is 51.4. The molecule has 0 aromatic heterocycles. The van der Waals surface area contributed by atoms with Crippen LogP contribution in [-0.4, -0.2) is 35.3 Å². The van der Waals surface area contributed by atoms with E-state index in [9.17, 15) is 15.0 Å². The molecule has 0 aromatic carbocycles. The SMILES string of the molecule is C=C1CC[C@@H]2[C@H]([C@@H]3[C@H]4CC[C@@H]5CCC[C@@H]5[C@H]4C[C@H]13)[C@@]2([C@H]1CCC[C@H]([C@H](O)CCO)C1)[C@@H](N)C=O. The molecule has 0 radical (unpaired) electrons. The lowest BCUT2D eigenvalue weighted by Gasteiger charge is -2.42. The second-order valence-electron chi connectivity index (χ2n) is 13.4. The average molecular weight is 470 g/mol. The van der Waals surface area contributed by atoms with Crippen LogP contribution in [0.1, 0.15) is 83.5 Å². The second-order valence-corrected chi connectivity index (χ2v) is 13.4. The van der Waals surface area contributed by atoms with Crippen molar-refractivity contribution in [3.8, 4) is 0 Å². The highest BCUT2D eigenvalue weighted by Gasteiger charge is 2.75. The van der Waals surface area contributed by atoms with Crippen LogP contribution in [0.3, 0.4) is 0 Å². The minimum atomic E-state index is -0.429. The summed E-state index contributed by atoms with van der Waals surface area (Å²) in [4.78, 5) is 12.3. The highest BCUT2D eigenvalue weighted by molar-refractivity contribution is 5.61. The molecule has 0 bridgehead atoms. The Morgan fingerprint density at radius 3 is 2.65 bits per heavy atom. The summed E-state index contributed by atoms with van der Waals surface area (Å²) in [5.41, 5.74) is 8.26. The number of aliphatic hydroxyl groups excluding tert-OH is 2. The highest BCUT2D eigenvalue weighted by Crippen LogP contribution is 2.78. The topological polar surface area (TPSA) is 83.6 Å². The average Bonchev–Trinajstić information content (AvgIpc) is 3.13. The maximum Gasteiger partial charge on any atom is 0.137 e. The van der Waals surface area contributed by atoms with Crippen molar-refractivity contribution in [2.75, 3.05) is 6.61 Å². The van der Waals surface area contributed by atoms with E-state index in [0.29, 0.717) is 36.0 Å². The second kappa shape index (κ2) is 8.99. The summed E-state index contributed by atoms with van der Waals surface area (Å²) in [5, 5.41) is 20.1. The Hall–Kier alpha value is -0.710. The van der Waals surface area contributed by atoms with Gasteiger partial charge in [-0.3, -0.25) is 0 Å². The molecule has 0 heterocycles. The van der Waals surface area contributed by atoms with Gasteiger partial charge in [-0.25, -0.2) is 0 Å². The molecule has 6 saturated carbocycles. The van der Waals surface area contributed by atoms with E-state index < -0.39 is 6.10 Å². The zero-order chi connectivity index (χ0) is 23.6. The van der Waals surface area contributed by atoms with E-state index in [4.69, 9.17) is 5.73 Å². The molecule has 4 nitrogen and oxygen atoms in total. The van der Waals surface area contributed by atoms with Crippen molar-refractivity contribution in [2.24, 2.45) is 70.3 Å². The monoisotopic (exact) mass is 469 g/mol. The predicted octanol–water partition coefficient (Wildman–Crippen LogP) is 4.72. The summed E-state index contributed by atoms with van der Waals surface area (Å²) in [6, 6.07) is -0.380. The fourth-order valence-electron chi connectivity index (χ4n) is 11.4. The fourth-order valence-corrected chi connectivity index (χ4v) is 11.4. The molecule has 190 valence electrons. The number of allylic oxidation sites excluding steroid dienone is 1. The van der Waals surface area contributed by atoms with Crippen molar-refractivity contribution in [1.29, 1.82) is 0 Å². The molecule has 6 fully saturated rings. The lowest BCUT2D eigenvalue weighted by atomic mass is 9.63. The van der Waals surface area contributed by atoms with Crippen molar-refractivity contribution in [1.82, 2.24) is 0 Å². The van der Waals surface area contributed by atoms with Gasteiger partial charge < -0.3 is 20.7 Å². The van der Waals surface area contributed by atoms with Crippen LogP contribution in [0.25, 0.3) is 0 Å². The predicted molar refractivity (Wildman–Crippen MR) is 134 cm³/mol. The third-order valence-corrected chi connectivity index (χ3v) is 12.5. The van der Waals surface area contributed by atoms with Gasteiger partial charge in [-0.15, -0.1) is 0 Å². The van der Waals surface area contributed by atoms with Crippen LogP contribution in [0.2, 0.25) is 0 Å². The highest BCUT2D eigenvalue weighted by atomic mass is 16.3. The first kappa shape index (κ1) is 23.7. The number of carbonyl (C=O) groups excluding carboxylic acids is 1. The van der Waals surface area contributed by atoms with Gasteiger partial charge in [-0.05, 0) is 123 Å². The van der Waals surface area contributed by atoms with E-state index in [-0.39, 0.29) is 24.0 Å². The van der Waals surface area contributed by atoms with Crippen molar-refractivity contribution >= 4 is 6.29 Å². The lowest BCUT2D eigenvalue weighted by Crippen LogP contribution is -2.45. The van der Waals surface area contributed by atoms with E-state index in [0.717, 1.165) is 68.5 Å². The maximum atomic E-state index is 12.3. The third-order valence-electron chi connectivity index (χ3n) is 12.5. The lowest BCUT2D eigenvalue weighted by molar-refractivity contribution is -0.111. The summed E-state index contributed by atoms with van der Waals surface area (Å²) >= 11 is 0. The third kappa shape index (κ3) is 3.37. The van der Waals surface area contributed by atoms with Crippen LogP contribution in [0, 0.1) is 64.6 Å². The molecular formula is C30H47NO3. The minimum Gasteiger partial charge on any atom is -0.396 e. The molecular weight excluding hydrogens is 422 g/mol. The van der Waals surface area contributed by atoms with Gasteiger partial charge in [-0.1, -0.05) is 31.4 Å². The van der Waals surface area contributed by atoms with Gasteiger partial charge in [0.05, 0.1) is 12.1 Å². The maximum absolute atomic E-state index is 12.3. The van der Waals surface area contributed by atoms with E-state index in [1.807, 2.05) is 0 Å². The molecule has 6 aliphatic carbocycles. The minimum absolute atomic E-state index is 0.0453. The Morgan fingerprint density at radius 1 is 1.03 bits per heavy atom.